The van der Waals surface area contributed by atoms with Crippen LogP contribution in [0, 0.1) is 5.82 Å². The molecule has 1 aromatic rings. The van der Waals surface area contributed by atoms with E-state index in [1.807, 2.05) is 6.92 Å². The van der Waals surface area contributed by atoms with E-state index in [2.05, 4.69) is 4.90 Å². The summed E-state index contributed by atoms with van der Waals surface area (Å²) in [5.74, 6) is -0.177. The number of rotatable bonds is 2. The molecule has 1 aliphatic heterocycles. The highest BCUT2D eigenvalue weighted by Crippen LogP contribution is 2.31. The normalized spacial score (nSPS) is 19.9. The van der Waals surface area contributed by atoms with Gasteiger partial charge in [-0.15, -0.1) is 0 Å². The standard InChI is InChI=1S/C11H15FN2O/c1-7(14-5-9(13)6-14)10-4-8(12)2-3-11(10)15/h2-4,7,9,15H,5-6,13H2,1H3. The second-order valence-corrected chi connectivity index (χ2v) is 4.09. The van der Waals surface area contributed by atoms with Crippen LogP contribution in [0.25, 0.3) is 0 Å². The average molecular weight is 210 g/mol. The molecule has 15 heavy (non-hydrogen) atoms. The van der Waals surface area contributed by atoms with Crippen LogP contribution in [-0.2, 0) is 0 Å². The summed E-state index contributed by atoms with van der Waals surface area (Å²) in [6, 6.07) is 4.25. The van der Waals surface area contributed by atoms with Crippen LogP contribution in [0.5, 0.6) is 5.75 Å². The van der Waals surface area contributed by atoms with Crippen molar-refractivity contribution in [3.05, 3.63) is 29.6 Å². The fraction of sp³-hybridized carbons (Fsp3) is 0.455. The fourth-order valence-corrected chi connectivity index (χ4v) is 1.92. The van der Waals surface area contributed by atoms with Gasteiger partial charge in [0.2, 0.25) is 0 Å². The lowest BCUT2D eigenvalue weighted by Gasteiger charge is -2.41. The molecule has 1 fully saturated rings. The number of nitrogens with zero attached hydrogens (tertiary/aromatic N) is 1. The molecular weight excluding hydrogens is 195 g/mol. The van der Waals surface area contributed by atoms with Gasteiger partial charge in [0.1, 0.15) is 11.6 Å². The number of benzene rings is 1. The van der Waals surface area contributed by atoms with Gasteiger partial charge in [0.25, 0.3) is 0 Å². The molecule has 0 aromatic heterocycles. The first kappa shape index (κ1) is 10.4. The molecule has 0 amide bonds. The van der Waals surface area contributed by atoms with Gasteiger partial charge in [-0.25, -0.2) is 4.39 Å². The maximum atomic E-state index is 13.0. The second-order valence-electron chi connectivity index (χ2n) is 4.09. The molecule has 0 radical (unpaired) electrons. The molecule has 1 aromatic carbocycles. The first-order chi connectivity index (χ1) is 7.08. The van der Waals surface area contributed by atoms with Crippen LogP contribution in [0.15, 0.2) is 18.2 Å². The van der Waals surface area contributed by atoms with E-state index >= 15 is 0 Å². The monoisotopic (exact) mass is 210 g/mol. The summed E-state index contributed by atoms with van der Waals surface area (Å²) in [6.45, 7) is 3.55. The molecule has 1 atom stereocenters. The van der Waals surface area contributed by atoms with Gasteiger partial charge in [0.05, 0.1) is 0 Å². The van der Waals surface area contributed by atoms with Crippen molar-refractivity contribution in [3.8, 4) is 5.75 Å². The van der Waals surface area contributed by atoms with Crippen LogP contribution in [-0.4, -0.2) is 29.1 Å². The Morgan fingerprint density at radius 1 is 1.53 bits per heavy atom. The minimum atomic E-state index is -0.320. The maximum Gasteiger partial charge on any atom is 0.123 e. The zero-order chi connectivity index (χ0) is 11.0. The summed E-state index contributed by atoms with van der Waals surface area (Å²) in [6.07, 6.45) is 0. The third-order valence-electron chi connectivity index (χ3n) is 2.93. The Hall–Kier alpha value is -1.13. The third kappa shape index (κ3) is 1.96. The summed E-state index contributed by atoms with van der Waals surface area (Å²) in [5, 5.41) is 9.62. The summed E-state index contributed by atoms with van der Waals surface area (Å²) < 4.78 is 13.0. The molecule has 4 heteroatoms. The van der Waals surface area contributed by atoms with E-state index < -0.39 is 0 Å². The van der Waals surface area contributed by atoms with Crippen molar-refractivity contribution < 1.29 is 9.50 Å². The highest BCUT2D eigenvalue weighted by atomic mass is 19.1. The number of likely N-dealkylation sites (tertiary alicyclic amines) is 1. The van der Waals surface area contributed by atoms with Gasteiger partial charge in [-0.1, -0.05) is 0 Å². The number of hydrogen-bond donors (Lipinski definition) is 2. The van der Waals surface area contributed by atoms with E-state index in [1.54, 1.807) is 0 Å². The Balaban J connectivity index is 2.17. The molecule has 0 spiro atoms. The van der Waals surface area contributed by atoms with Crippen molar-refractivity contribution in [3.63, 3.8) is 0 Å². The van der Waals surface area contributed by atoms with E-state index in [0.717, 1.165) is 13.1 Å². The molecule has 1 aliphatic rings. The van der Waals surface area contributed by atoms with Crippen LogP contribution in [0.3, 0.4) is 0 Å². The van der Waals surface area contributed by atoms with Crippen LogP contribution in [0.1, 0.15) is 18.5 Å². The van der Waals surface area contributed by atoms with Crippen molar-refractivity contribution in [2.24, 2.45) is 5.73 Å². The topological polar surface area (TPSA) is 49.5 Å². The van der Waals surface area contributed by atoms with Crippen LogP contribution in [0.2, 0.25) is 0 Å². The minimum Gasteiger partial charge on any atom is -0.508 e. The molecule has 3 N–H and O–H groups in total. The summed E-state index contributed by atoms with van der Waals surface area (Å²) in [5.41, 5.74) is 6.30. The smallest absolute Gasteiger partial charge is 0.123 e. The number of hydrogen-bond acceptors (Lipinski definition) is 3. The predicted octanol–water partition coefficient (Wildman–Crippen LogP) is 1.24. The SMILES string of the molecule is CC(c1cc(F)ccc1O)N1CC(N)C1. The van der Waals surface area contributed by atoms with Gasteiger partial charge >= 0.3 is 0 Å². The molecule has 3 nitrogen and oxygen atoms in total. The lowest BCUT2D eigenvalue weighted by molar-refractivity contribution is 0.102. The highest BCUT2D eigenvalue weighted by Gasteiger charge is 2.29. The molecule has 1 heterocycles. The summed E-state index contributed by atoms with van der Waals surface area (Å²) in [7, 11) is 0. The average Bonchev–Trinajstić information content (AvgIpc) is 2.16. The fourth-order valence-electron chi connectivity index (χ4n) is 1.92. The maximum absolute atomic E-state index is 13.0. The Bertz CT molecular complexity index is 364. The van der Waals surface area contributed by atoms with Gasteiger partial charge in [-0.05, 0) is 25.1 Å². The van der Waals surface area contributed by atoms with E-state index in [1.165, 1.54) is 18.2 Å². The lowest BCUT2D eigenvalue weighted by Crippen LogP contribution is -2.56. The van der Waals surface area contributed by atoms with Crippen LogP contribution >= 0.6 is 0 Å². The molecular formula is C11H15FN2O. The molecule has 1 saturated heterocycles. The summed E-state index contributed by atoms with van der Waals surface area (Å²) in [4.78, 5) is 2.11. The van der Waals surface area contributed by atoms with Crippen molar-refractivity contribution >= 4 is 0 Å². The molecule has 0 aliphatic carbocycles. The van der Waals surface area contributed by atoms with Crippen molar-refractivity contribution in [1.82, 2.24) is 4.90 Å². The van der Waals surface area contributed by atoms with Gasteiger partial charge in [-0.2, -0.15) is 0 Å². The quantitative estimate of drug-likeness (QED) is 0.772. The lowest BCUT2D eigenvalue weighted by atomic mass is 10.00. The second kappa shape index (κ2) is 3.79. The van der Waals surface area contributed by atoms with Gasteiger partial charge < -0.3 is 10.8 Å². The largest absolute Gasteiger partial charge is 0.508 e. The number of halogens is 1. The third-order valence-corrected chi connectivity index (χ3v) is 2.93. The number of phenols is 1. The molecule has 0 saturated carbocycles. The Morgan fingerprint density at radius 3 is 2.80 bits per heavy atom. The number of phenolic OH excluding ortho intramolecular Hbond substituents is 1. The molecule has 0 bridgehead atoms. The van der Waals surface area contributed by atoms with E-state index in [0.29, 0.717) is 5.56 Å². The van der Waals surface area contributed by atoms with Crippen LogP contribution in [0.4, 0.5) is 4.39 Å². The number of nitrogens with two attached hydrogens (primary N) is 1. The first-order valence-electron chi connectivity index (χ1n) is 5.06. The van der Waals surface area contributed by atoms with Crippen molar-refractivity contribution in [2.45, 2.75) is 19.0 Å². The van der Waals surface area contributed by atoms with E-state index in [-0.39, 0.29) is 23.7 Å². The molecule has 82 valence electrons. The minimum absolute atomic E-state index is 0.0144. The predicted molar refractivity (Wildman–Crippen MR) is 56.0 cm³/mol. The first-order valence-corrected chi connectivity index (χ1v) is 5.06. The molecule has 1 unspecified atom stereocenters. The Kier molecular flexibility index (Phi) is 2.63. The summed E-state index contributed by atoms with van der Waals surface area (Å²) >= 11 is 0. The van der Waals surface area contributed by atoms with Gasteiger partial charge in [-0.3, -0.25) is 4.90 Å². The zero-order valence-electron chi connectivity index (χ0n) is 8.65. The Labute approximate surface area is 88.3 Å². The van der Waals surface area contributed by atoms with E-state index in [4.69, 9.17) is 5.73 Å². The zero-order valence-corrected chi connectivity index (χ0v) is 8.65. The van der Waals surface area contributed by atoms with Gasteiger partial charge in [0, 0.05) is 30.7 Å². The van der Waals surface area contributed by atoms with Crippen LogP contribution < -0.4 is 5.73 Å². The van der Waals surface area contributed by atoms with Crippen molar-refractivity contribution in [1.29, 1.82) is 0 Å². The molecule has 2 rings (SSSR count). The van der Waals surface area contributed by atoms with Crippen molar-refractivity contribution in [2.75, 3.05) is 13.1 Å². The number of aromatic hydroxyl groups is 1. The van der Waals surface area contributed by atoms with E-state index in [9.17, 15) is 9.50 Å². The Morgan fingerprint density at radius 2 is 2.20 bits per heavy atom. The highest BCUT2D eigenvalue weighted by molar-refractivity contribution is 5.35. The van der Waals surface area contributed by atoms with Gasteiger partial charge in [0.15, 0.2) is 0 Å².